The normalized spacial score (nSPS) is 16.1. The lowest BCUT2D eigenvalue weighted by molar-refractivity contribution is 0.0630. The van der Waals surface area contributed by atoms with Gasteiger partial charge in [-0.2, -0.15) is 0 Å². The first-order chi connectivity index (χ1) is 14.5. The molecular weight excluding hydrogens is 384 g/mol. The molecule has 1 aromatic carbocycles. The standard InChI is InChI=1S/C22H20N4O4/c1-13-23-19-8-9-25(12-18(19)20(27)24-13)10-14-6-7-15(30-14)11-26-21(28)16-4-2-3-5-17(16)22(26)29/h2-7H,8-12H2,1H3,(H,23,24,27). The molecule has 152 valence electrons. The van der Waals surface area contributed by atoms with Crippen molar-refractivity contribution >= 4 is 11.8 Å². The predicted octanol–water partition coefficient (Wildman–Crippen LogP) is 2.03. The average molecular weight is 404 g/mol. The lowest BCUT2D eigenvalue weighted by atomic mass is 10.1. The quantitative estimate of drug-likeness (QED) is 0.668. The maximum Gasteiger partial charge on any atom is 0.261 e. The first-order valence-electron chi connectivity index (χ1n) is 9.83. The predicted molar refractivity (Wildman–Crippen MR) is 107 cm³/mol. The van der Waals surface area contributed by atoms with Gasteiger partial charge >= 0.3 is 0 Å². The lowest BCUT2D eigenvalue weighted by Gasteiger charge is -2.26. The van der Waals surface area contributed by atoms with Crippen LogP contribution in [-0.4, -0.2) is 38.1 Å². The Kier molecular flexibility index (Phi) is 4.36. The number of rotatable bonds is 4. The van der Waals surface area contributed by atoms with Crippen LogP contribution in [0, 0.1) is 6.92 Å². The van der Waals surface area contributed by atoms with E-state index in [0.717, 1.165) is 18.0 Å². The number of hydrogen-bond donors (Lipinski definition) is 1. The molecule has 0 atom stereocenters. The lowest BCUT2D eigenvalue weighted by Crippen LogP contribution is -2.35. The fourth-order valence-electron chi connectivity index (χ4n) is 4.09. The third kappa shape index (κ3) is 3.15. The van der Waals surface area contributed by atoms with Crippen molar-refractivity contribution < 1.29 is 14.0 Å². The number of aromatic nitrogens is 2. The topological polar surface area (TPSA) is 99.5 Å². The Morgan fingerprint density at radius 1 is 1.00 bits per heavy atom. The Morgan fingerprint density at radius 2 is 1.67 bits per heavy atom. The molecule has 2 amide bonds. The van der Waals surface area contributed by atoms with Crippen molar-refractivity contribution in [3.63, 3.8) is 0 Å². The van der Waals surface area contributed by atoms with Crippen molar-refractivity contribution in [3.05, 3.63) is 86.5 Å². The number of amides is 2. The fourth-order valence-corrected chi connectivity index (χ4v) is 4.09. The van der Waals surface area contributed by atoms with Crippen LogP contribution in [0.4, 0.5) is 0 Å². The van der Waals surface area contributed by atoms with Crippen molar-refractivity contribution in [1.29, 1.82) is 0 Å². The van der Waals surface area contributed by atoms with E-state index >= 15 is 0 Å². The minimum atomic E-state index is -0.303. The monoisotopic (exact) mass is 404 g/mol. The number of aromatic amines is 1. The summed E-state index contributed by atoms with van der Waals surface area (Å²) in [6.45, 7) is 3.70. The number of carbonyl (C=O) groups is 2. The zero-order valence-electron chi connectivity index (χ0n) is 16.5. The minimum absolute atomic E-state index is 0.0899. The van der Waals surface area contributed by atoms with Gasteiger partial charge in [-0.25, -0.2) is 4.98 Å². The van der Waals surface area contributed by atoms with Crippen LogP contribution in [0.2, 0.25) is 0 Å². The van der Waals surface area contributed by atoms with Gasteiger partial charge in [0.15, 0.2) is 0 Å². The highest BCUT2D eigenvalue weighted by Gasteiger charge is 2.35. The molecule has 0 spiro atoms. The minimum Gasteiger partial charge on any atom is -0.463 e. The molecule has 0 radical (unpaired) electrons. The Hall–Kier alpha value is -3.52. The van der Waals surface area contributed by atoms with Crippen LogP contribution < -0.4 is 5.56 Å². The summed E-state index contributed by atoms with van der Waals surface area (Å²) >= 11 is 0. The van der Waals surface area contributed by atoms with E-state index in [1.54, 1.807) is 37.3 Å². The molecule has 5 rings (SSSR count). The molecule has 0 unspecified atom stereocenters. The maximum absolute atomic E-state index is 12.5. The highest BCUT2D eigenvalue weighted by atomic mass is 16.3. The van der Waals surface area contributed by atoms with Gasteiger partial charge in [0.05, 0.1) is 35.5 Å². The Labute approximate surface area is 172 Å². The first kappa shape index (κ1) is 18.5. The highest BCUT2D eigenvalue weighted by molar-refractivity contribution is 6.21. The van der Waals surface area contributed by atoms with E-state index in [2.05, 4.69) is 14.9 Å². The van der Waals surface area contributed by atoms with E-state index in [1.807, 2.05) is 6.07 Å². The summed E-state index contributed by atoms with van der Waals surface area (Å²) in [4.78, 5) is 47.8. The van der Waals surface area contributed by atoms with Crippen LogP contribution in [-0.2, 0) is 26.1 Å². The molecule has 30 heavy (non-hydrogen) atoms. The highest BCUT2D eigenvalue weighted by Crippen LogP contribution is 2.25. The van der Waals surface area contributed by atoms with Crippen LogP contribution in [0.1, 0.15) is 49.3 Å². The molecule has 8 nitrogen and oxygen atoms in total. The number of H-pyrrole nitrogens is 1. The fraction of sp³-hybridized carbons (Fsp3) is 0.273. The number of fused-ring (bicyclic) bond motifs is 2. The number of nitrogens with zero attached hydrogens (tertiary/aromatic N) is 3. The summed E-state index contributed by atoms with van der Waals surface area (Å²) in [7, 11) is 0. The second kappa shape index (κ2) is 7.07. The first-order valence-corrected chi connectivity index (χ1v) is 9.83. The summed E-state index contributed by atoms with van der Waals surface area (Å²) < 4.78 is 5.89. The molecule has 2 aliphatic rings. The van der Waals surface area contributed by atoms with Crippen molar-refractivity contribution in [2.24, 2.45) is 0 Å². The van der Waals surface area contributed by atoms with Gasteiger partial charge in [-0.15, -0.1) is 0 Å². The number of aryl methyl sites for hydroxylation is 1. The molecule has 1 N–H and O–H groups in total. The van der Waals surface area contributed by atoms with Crippen molar-refractivity contribution in [1.82, 2.24) is 19.8 Å². The molecule has 3 aromatic rings. The Bertz CT molecular complexity index is 1190. The van der Waals surface area contributed by atoms with Gasteiger partial charge in [-0.1, -0.05) is 12.1 Å². The van der Waals surface area contributed by atoms with E-state index in [1.165, 1.54) is 4.90 Å². The van der Waals surface area contributed by atoms with Gasteiger partial charge in [0.2, 0.25) is 0 Å². The van der Waals surface area contributed by atoms with Gasteiger partial charge in [-0.3, -0.25) is 24.2 Å². The van der Waals surface area contributed by atoms with E-state index in [9.17, 15) is 14.4 Å². The summed E-state index contributed by atoms with van der Waals surface area (Å²) in [5.41, 5.74) is 2.32. The molecule has 0 bridgehead atoms. The number of imide groups is 1. The third-order valence-electron chi connectivity index (χ3n) is 5.55. The Balaban J connectivity index is 1.27. The van der Waals surface area contributed by atoms with Crippen molar-refractivity contribution in [2.45, 2.75) is 33.0 Å². The van der Waals surface area contributed by atoms with Gasteiger partial charge in [0, 0.05) is 19.5 Å². The largest absolute Gasteiger partial charge is 0.463 e. The third-order valence-corrected chi connectivity index (χ3v) is 5.55. The summed E-state index contributed by atoms with van der Waals surface area (Å²) in [5, 5.41) is 0. The van der Waals surface area contributed by atoms with Crippen LogP contribution in [0.15, 0.2) is 45.6 Å². The molecule has 8 heteroatoms. The Morgan fingerprint density at radius 3 is 2.37 bits per heavy atom. The maximum atomic E-state index is 12.5. The second-order valence-corrected chi connectivity index (χ2v) is 7.65. The summed E-state index contributed by atoms with van der Waals surface area (Å²) in [5.74, 6) is 1.30. The molecule has 2 aromatic heterocycles. The van der Waals surface area contributed by atoms with Gasteiger partial charge in [0.1, 0.15) is 17.3 Å². The number of nitrogens with one attached hydrogen (secondary N) is 1. The average Bonchev–Trinajstić information content (AvgIpc) is 3.27. The van der Waals surface area contributed by atoms with Gasteiger partial charge in [-0.05, 0) is 31.2 Å². The van der Waals surface area contributed by atoms with E-state index in [-0.39, 0.29) is 23.9 Å². The van der Waals surface area contributed by atoms with E-state index < -0.39 is 0 Å². The number of hydrogen-bond acceptors (Lipinski definition) is 6. The van der Waals surface area contributed by atoms with Crippen molar-refractivity contribution in [2.75, 3.05) is 6.54 Å². The van der Waals surface area contributed by atoms with Crippen LogP contribution in [0.25, 0.3) is 0 Å². The summed E-state index contributed by atoms with van der Waals surface area (Å²) in [6, 6.07) is 10.5. The molecule has 0 aliphatic carbocycles. The zero-order chi connectivity index (χ0) is 20.8. The van der Waals surface area contributed by atoms with Crippen LogP contribution in [0.3, 0.4) is 0 Å². The number of carbonyl (C=O) groups excluding carboxylic acids is 2. The zero-order valence-corrected chi connectivity index (χ0v) is 16.5. The molecule has 0 saturated carbocycles. The number of furan rings is 1. The smallest absolute Gasteiger partial charge is 0.261 e. The SMILES string of the molecule is Cc1nc2c(c(=O)[nH]1)CN(Cc1ccc(CN3C(=O)c4ccccc4C3=O)o1)CC2. The molecule has 0 saturated heterocycles. The van der Waals surface area contributed by atoms with Gasteiger partial charge in [0.25, 0.3) is 17.4 Å². The van der Waals surface area contributed by atoms with E-state index in [0.29, 0.717) is 47.8 Å². The summed E-state index contributed by atoms with van der Waals surface area (Å²) in [6.07, 6.45) is 0.711. The van der Waals surface area contributed by atoms with Gasteiger partial charge < -0.3 is 9.40 Å². The van der Waals surface area contributed by atoms with E-state index in [4.69, 9.17) is 4.42 Å². The molecule has 2 aliphatic heterocycles. The molecular formula is C22H20N4O4. The molecule has 0 fully saturated rings. The van der Waals surface area contributed by atoms with Crippen molar-refractivity contribution in [3.8, 4) is 0 Å². The number of benzene rings is 1. The van der Waals surface area contributed by atoms with Crippen LogP contribution in [0.5, 0.6) is 0 Å². The second-order valence-electron chi connectivity index (χ2n) is 7.65. The molecule has 4 heterocycles. The van der Waals surface area contributed by atoms with Crippen LogP contribution >= 0.6 is 0 Å².